The Morgan fingerprint density at radius 3 is 2.36 bits per heavy atom. The summed E-state index contributed by atoms with van der Waals surface area (Å²) in [6, 6.07) is 0. The van der Waals surface area contributed by atoms with Crippen LogP contribution in [0, 0.1) is 0 Å². The lowest BCUT2D eigenvalue weighted by atomic mass is 10.5. The molecule has 0 bridgehead atoms. The van der Waals surface area contributed by atoms with Crippen molar-refractivity contribution in [2.24, 2.45) is 0 Å². The summed E-state index contributed by atoms with van der Waals surface area (Å²) in [6.45, 7) is 9.72. The molecular formula is C9H16N2. The van der Waals surface area contributed by atoms with Crippen molar-refractivity contribution >= 4 is 0 Å². The van der Waals surface area contributed by atoms with Crippen molar-refractivity contribution in [2.45, 2.75) is 0 Å². The van der Waals surface area contributed by atoms with Crippen LogP contribution in [-0.2, 0) is 0 Å². The van der Waals surface area contributed by atoms with Crippen LogP contribution in [0.1, 0.15) is 0 Å². The van der Waals surface area contributed by atoms with Crippen LogP contribution in [0.15, 0.2) is 37.6 Å². The normalized spacial score (nSPS) is 9.82. The summed E-state index contributed by atoms with van der Waals surface area (Å²) in [6.07, 6.45) is 7.59. The molecule has 2 nitrogen and oxygen atoms in total. The predicted octanol–water partition coefficient (Wildman–Crippen LogP) is 1.05. The summed E-state index contributed by atoms with van der Waals surface area (Å²) in [4.78, 5) is 0. The summed E-state index contributed by atoms with van der Waals surface area (Å²) in [5.41, 5.74) is 0. The number of rotatable bonds is 7. The number of nitrogens with one attached hydrogen (secondary N) is 2. The average molecular weight is 152 g/mol. The van der Waals surface area contributed by atoms with Gasteiger partial charge < -0.3 is 10.6 Å². The molecule has 2 N–H and O–H groups in total. The van der Waals surface area contributed by atoms with Crippen molar-refractivity contribution < 1.29 is 0 Å². The first-order valence-electron chi connectivity index (χ1n) is 3.72. The predicted molar refractivity (Wildman–Crippen MR) is 50.4 cm³/mol. The quantitative estimate of drug-likeness (QED) is 0.421. The maximum atomic E-state index is 3.59. The lowest BCUT2D eigenvalue weighted by molar-refractivity contribution is 0.836. The molecule has 0 aliphatic rings. The van der Waals surface area contributed by atoms with Crippen LogP contribution in [0.2, 0.25) is 0 Å². The van der Waals surface area contributed by atoms with E-state index in [-0.39, 0.29) is 0 Å². The molecular weight excluding hydrogens is 136 g/mol. The van der Waals surface area contributed by atoms with Gasteiger partial charge in [-0.25, -0.2) is 0 Å². The maximum Gasteiger partial charge on any atom is 0.0322 e. The Hall–Kier alpha value is -1.02. The molecule has 0 aromatic rings. The third-order valence-electron chi connectivity index (χ3n) is 1.05. The van der Waals surface area contributed by atoms with Crippen LogP contribution in [0.3, 0.4) is 0 Å². The van der Waals surface area contributed by atoms with Gasteiger partial charge >= 0.3 is 0 Å². The molecule has 0 aromatic heterocycles. The molecule has 2 heteroatoms. The second-order valence-electron chi connectivity index (χ2n) is 2.05. The molecule has 0 radical (unpaired) electrons. The summed E-state index contributed by atoms with van der Waals surface area (Å²) in [5.74, 6) is 0. The van der Waals surface area contributed by atoms with E-state index in [1.807, 2.05) is 24.4 Å². The summed E-state index contributed by atoms with van der Waals surface area (Å²) >= 11 is 0. The van der Waals surface area contributed by atoms with Gasteiger partial charge in [-0.3, -0.25) is 0 Å². The van der Waals surface area contributed by atoms with Crippen molar-refractivity contribution in [3.8, 4) is 0 Å². The lowest BCUT2D eigenvalue weighted by Gasteiger charge is -1.95. The topological polar surface area (TPSA) is 24.1 Å². The molecule has 0 unspecified atom stereocenters. The Balaban J connectivity index is 3.02. The van der Waals surface area contributed by atoms with Crippen molar-refractivity contribution in [2.75, 3.05) is 19.6 Å². The second-order valence-corrected chi connectivity index (χ2v) is 2.05. The molecule has 0 aliphatic heterocycles. The van der Waals surface area contributed by atoms with E-state index in [2.05, 4.69) is 23.8 Å². The standard InChI is InChI=1S/C9H16N2/c1-3-6-10-8-5-9-11-7-4-2/h3-5,8,10-11H,1-2,6-7,9H2. The van der Waals surface area contributed by atoms with Gasteiger partial charge in [0.15, 0.2) is 0 Å². The van der Waals surface area contributed by atoms with Gasteiger partial charge in [0.05, 0.1) is 0 Å². The van der Waals surface area contributed by atoms with Gasteiger partial charge in [-0.1, -0.05) is 18.2 Å². The van der Waals surface area contributed by atoms with E-state index < -0.39 is 0 Å². The van der Waals surface area contributed by atoms with Gasteiger partial charge in [0, 0.05) is 19.6 Å². The van der Waals surface area contributed by atoms with Gasteiger partial charge in [-0.2, -0.15) is 0 Å². The fourth-order valence-corrected chi connectivity index (χ4v) is 0.562. The zero-order chi connectivity index (χ0) is 8.36. The Morgan fingerprint density at radius 1 is 1.00 bits per heavy atom. The minimum atomic E-state index is 0.817. The fraction of sp³-hybridized carbons (Fsp3) is 0.333. The van der Waals surface area contributed by atoms with Crippen molar-refractivity contribution in [1.29, 1.82) is 0 Å². The second kappa shape index (κ2) is 8.98. The van der Waals surface area contributed by atoms with Crippen molar-refractivity contribution in [1.82, 2.24) is 10.6 Å². The highest BCUT2D eigenvalue weighted by molar-refractivity contribution is 4.85. The summed E-state index contributed by atoms with van der Waals surface area (Å²) < 4.78 is 0. The molecule has 0 rings (SSSR count). The van der Waals surface area contributed by atoms with Crippen LogP contribution in [-0.4, -0.2) is 19.6 Å². The smallest absolute Gasteiger partial charge is 0.0322 e. The highest BCUT2D eigenvalue weighted by Crippen LogP contribution is 1.67. The molecule has 11 heavy (non-hydrogen) atoms. The monoisotopic (exact) mass is 152 g/mol. The van der Waals surface area contributed by atoms with Crippen molar-refractivity contribution in [3.63, 3.8) is 0 Å². The van der Waals surface area contributed by atoms with Crippen LogP contribution >= 0.6 is 0 Å². The molecule has 0 spiro atoms. The zero-order valence-electron chi connectivity index (χ0n) is 6.84. The number of hydrogen-bond acceptors (Lipinski definition) is 2. The van der Waals surface area contributed by atoms with Crippen LogP contribution in [0.25, 0.3) is 0 Å². The third kappa shape index (κ3) is 8.98. The molecule has 62 valence electrons. The zero-order valence-corrected chi connectivity index (χ0v) is 6.84. The Labute approximate surface area is 68.7 Å². The van der Waals surface area contributed by atoms with E-state index in [0.29, 0.717) is 0 Å². The lowest BCUT2D eigenvalue weighted by Crippen LogP contribution is -2.13. The first-order valence-corrected chi connectivity index (χ1v) is 3.72. The van der Waals surface area contributed by atoms with E-state index in [1.165, 1.54) is 0 Å². The van der Waals surface area contributed by atoms with Gasteiger partial charge in [0.25, 0.3) is 0 Å². The molecule has 0 saturated heterocycles. The van der Waals surface area contributed by atoms with Crippen LogP contribution in [0.4, 0.5) is 0 Å². The number of hydrogen-bond donors (Lipinski definition) is 2. The average Bonchev–Trinajstić information content (AvgIpc) is 2.03. The molecule has 0 saturated carbocycles. The largest absolute Gasteiger partial charge is 0.388 e. The van der Waals surface area contributed by atoms with E-state index in [4.69, 9.17) is 0 Å². The summed E-state index contributed by atoms with van der Waals surface area (Å²) in [5, 5.41) is 6.19. The molecule has 0 amide bonds. The highest BCUT2D eigenvalue weighted by atomic mass is 14.9. The van der Waals surface area contributed by atoms with Gasteiger partial charge in [-0.15, -0.1) is 13.2 Å². The van der Waals surface area contributed by atoms with E-state index in [0.717, 1.165) is 19.6 Å². The first-order chi connectivity index (χ1) is 5.41. The SMILES string of the molecule is C=CCNC=CCNCC=C. The first kappa shape index (κ1) is 9.98. The van der Waals surface area contributed by atoms with Gasteiger partial charge in [0.2, 0.25) is 0 Å². The summed E-state index contributed by atoms with van der Waals surface area (Å²) in [7, 11) is 0. The van der Waals surface area contributed by atoms with Gasteiger partial charge in [0.1, 0.15) is 0 Å². The van der Waals surface area contributed by atoms with Crippen molar-refractivity contribution in [3.05, 3.63) is 37.6 Å². The molecule has 0 fully saturated rings. The molecule has 0 heterocycles. The Kier molecular flexibility index (Phi) is 8.15. The minimum absolute atomic E-state index is 0.817. The maximum absolute atomic E-state index is 3.59. The van der Waals surface area contributed by atoms with E-state index in [1.54, 1.807) is 0 Å². The minimum Gasteiger partial charge on any atom is -0.388 e. The van der Waals surface area contributed by atoms with E-state index >= 15 is 0 Å². The molecule has 0 atom stereocenters. The third-order valence-corrected chi connectivity index (χ3v) is 1.05. The fourth-order valence-electron chi connectivity index (χ4n) is 0.562. The Morgan fingerprint density at radius 2 is 1.73 bits per heavy atom. The van der Waals surface area contributed by atoms with Crippen LogP contribution in [0.5, 0.6) is 0 Å². The Bertz CT molecular complexity index is 128. The molecule has 0 aromatic carbocycles. The highest BCUT2D eigenvalue weighted by Gasteiger charge is 1.74. The van der Waals surface area contributed by atoms with Gasteiger partial charge in [-0.05, 0) is 6.20 Å². The van der Waals surface area contributed by atoms with E-state index in [9.17, 15) is 0 Å². The molecule has 0 aliphatic carbocycles. The van der Waals surface area contributed by atoms with Crippen LogP contribution < -0.4 is 10.6 Å².